The molecule has 1 aliphatic heterocycles. The largest absolute Gasteiger partial charge is 0.508 e. The summed E-state index contributed by atoms with van der Waals surface area (Å²) in [5.41, 5.74) is 1.70. The van der Waals surface area contributed by atoms with Crippen LogP contribution < -0.4 is 0 Å². The van der Waals surface area contributed by atoms with Crippen molar-refractivity contribution in [2.75, 3.05) is 6.54 Å². The summed E-state index contributed by atoms with van der Waals surface area (Å²) in [7, 11) is 0. The molecule has 104 valence electrons. The molecule has 1 heterocycles. The average molecular weight is 263 g/mol. The van der Waals surface area contributed by atoms with Gasteiger partial charge in [0.25, 0.3) is 0 Å². The summed E-state index contributed by atoms with van der Waals surface area (Å²) in [5, 5.41) is 9.50. The summed E-state index contributed by atoms with van der Waals surface area (Å²) >= 11 is 0. The van der Waals surface area contributed by atoms with Gasteiger partial charge in [-0.25, -0.2) is 4.79 Å². The standard InChI is InChI=1S/C15H21NO3/c1-10-13-6-5-12(17)9-11(13)7-8-16(10)14(18)19-15(2,3)4/h5-6,9-10,17H,7-8H2,1-4H3/t10-/m0/s1. The van der Waals surface area contributed by atoms with Crippen LogP contribution in [0.1, 0.15) is 44.9 Å². The number of phenols is 1. The third kappa shape index (κ3) is 3.00. The smallest absolute Gasteiger partial charge is 0.410 e. The molecule has 4 nitrogen and oxygen atoms in total. The number of nitrogens with zero attached hydrogens (tertiary/aromatic N) is 1. The molecule has 0 aromatic heterocycles. The Morgan fingerprint density at radius 3 is 2.74 bits per heavy atom. The Kier molecular flexibility index (Phi) is 3.43. The molecule has 0 unspecified atom stereocenters. The van der Waals surface area contributed by atoms with Crippen molar-refractivity contribution in [2.45, 2.75) is 45.8 Å². The Labute approximate surface area is 114 Å². The summed E-state index contributed by atoms with van der Waals surface area (Å²) in [6, 6.07) is 5.29. The van der Waals surface area contributed by atoms with E-state index >= 15 is 0 Å². The molecule has 1 amide bonds. The van der Waals surface area contributed by atoms with Crippen LogP contribution in [0, 0.1) is 0 Å². The number of rotatable bonds is 0. The molecule has 0 spiro atoms. The fourth-order valence-electron chi connectivity index (χ4n) is 2.39. The van der Waals surface area contributed by atoms with Gasteiger partial charge in [0.15, 0.2) is 0 Å². The van der Waals surface area contributed by atoms with Crippen molar-refractivity contribution >= 4 is 6.09 Å². The maximum atomic E-state index is 12.2. The van der Waals surface area contributed by atoms with E-state index in [9.17, 15) is 9.90 Å². The highest BCUT2D eigenvalue weighted by atomic mass is 16.6. The van der Waals surface area contributed by atoms with E-state index in [0.29, 0.717) is 6.54 Å². The van der Waals surface area contributed by atoms with Crippen molar-refractivity contribution < 1.29 is 14.6 Å². The summed E-state index contributed by atoms with van der Waals surface area (Å²) in [6.45, 7) is 8.20. The van der Waals surface area contributed by atoms with Crippen LogP contribution >= 0.6 is 0 Å². The first kappa shape index (κ1) is 13.7. The number of hydrogen-bond donors (Lipinski definition) is 1. The Balaban J connectivity index is 2.19. The molecule has 0 radical (unpaired) electrons. The number of aromatic hydroxyl groups is 1. The van der Waals surface area contributed by atoms with Crippen LogP contribution in [-0.2, 0) is 11.2 Å². The van der Waals surface area contributed by atoms with Crippen LogP contribution in [0.15, 0.2) is 18.2 Å². The lowest BCUT2D eigenvalue weighted by Gasteiger charge is -2.36. The van der Waals surface area contributed by atoms with Gasteiger partial charge in [0, 0.05) is 6.54 Å². The molecule has 0 saturated carbocycles. The number of benzene rings is 1. The fraction of sp³-hybridized carbons (Fsp3) is 0.533. The van der Waals surface area contributed by atoms with E-state index in [1.807, 2.05) is 33.8 Å². The van der Waals surface area contributed by atoms with Crippen LogP contribution in [0.5, 0.6) is 5.75 Å². The summed E-state index contributed by atoms with van der Waals surface area (Å²) in [4.78, 5) is 13.9. The molecule has 1 aromatic rings. The van der Waals surface area contributed by atoms with Crippen LogP contribution in [0.2, 0.25) is 0 Å². The molecule has 1 aliphatic rings. The molecule has 19 heavy (non-hydrogen) atoms. The number of phenolic OH excluding ortho intramolecular Hbond substituents is 1. The molecule has 4 heteroatoms. The second-order valence-corrected chi connectivity index (χ2v) is 5.98. The van der Waals surface area contributed by atoms with Gasteiger partial charge in [0.05, 0.1) is 6.04 Å². The molecule has 2 rings (SSSR count). The maximum Gasteiger partial charge on any atom is 0.410 e. The Morgan fingerprint density at radius 2 is 2.11 bits per heavy atom. The first-order valence-corrected chi connectivity index (χ1v) is 6.59. The van der Waals surface area contributed by atoms with E-state index in [1.165, 1.54) is 0 Å². The molecule has 1 aromatic carbocycles. The van der Waals surface area contributed by atoms with E-state index in [1.54, 1.807) is 17.0 Å². The molecular formula is C15H21NO3. The minimum atomic E-state index is -0.480. The molecular weight excluding hydrogens is 242 g/mol. The Bertz CT molecular complexity index is 491. The van der Waals surface area contributed by atoms with Crippen molar-refractivity contribution in [1.29, 1.82) is 0 Å². The van der Waals surface area contributed by atoms with E-state index in [4.69, 9.17) is 4.74 Å². The van der Waals surface area contributed by atoms with E-state index in [2.05, 4.69) is 0 Å². The molecule has 0 fully saturated rings. The van der Waals surface area contributed by atoms with Gasteiger partial charge in [-0.15, -0.1) is 0 Å². The Morgan fingerprint density at radius 1 is 1.42 bits per heavy atom. The van der Waals surface area contributed by atoms with Gasteiger partial charge in [-0.1, -0.05) is 6.07 Å². The van der Waals surface area contributed by atoms with Crippen LogP contribution in [-0.4, -0.2) is 28.2 Å². The van der Waals surface area contributed by atoms with Gasteiger partial charge in [-0.2, -0.15) is 0 Å². The molecule has 0 aliphatic carbocycles. The number of amides is 1. The monoisotopic (exact) mass is 263 g/mol. The topological polar surface area (TPSA) is 49.8 Å². The van der Waals surface area contributed by atoms with Crippen LogP contribution in [0.3, 0.4) is 0 Å². The Hall–Kier alpha value is -1.71. The first-order valence-electron chi connectivity index (χ1n) is 6.59. The van der Waals surface area contributed by atoms with E-state index in [0.717, 1.165) is 17.5 Å². The predicted molar refractivity (Wildman–Crippen MR) is 73.2 cm³/mol. The minimum Gasteiger partial charge on any atom is -0.508 e. The van der Waals surface area contributed by atoms with Gasteiger partial charge in [0.1, 0.15) is 11.4 Å². The van der Waals surface area contributed by atoms with E-state index < -0.39 is 5.60 Å². The third-order valence-corrected chi connectivity index (χ3v) is 3.29. The van der Waals surface area contributed by atoms with Gasteiger partial charge < -0.3 is 14.7 Å². The molecule has 0 saturated heterocycles. The van der Waals surface area contributed by atoms with Crippen molar-refractivity contribution in [3.05, 3.63) is 29.3 Å². The second kappa shape index (κ2) is 4.76. The molecule has 1 atom stereocenters. The van der Waals surface area contributed by atoms with Crippen LogP contribution in [0.25, 0.3) is 0 Å². The van der Waals surface area contributed by atoms with Crippen molar-refractivity contribution in [3.8, 4) is 5.75 Å². The lowest BCUT2D eigenvalue weighted by Crippen LogP contribution is -2.42. The third-order valence-electron chi connectivity index (χ3n) is 3.29. The lowest BCUT2D eigenvalue weighted by atomic mass is 9.93. The zero-order valence-electron chi connectivity index (χ0n) is 11.9. The minimum absolute atomic E-state index is 0.0285. The number of carbonyl (C=O) groups excluding carboxylic acids is 1. The number of fused-ring (bicyclic) bond motifs is 1. The van der Waals surface area contributed by atoms with Gasteiger partial charge in [0.2, 0.25) is 0 Å². The number of hydrogen-bond acceptors (Lipinski definition) is 3. The highest BCUT2D eigenvalue weighted by Crippen LogP contribution is 2.32. The second-order valence-electron chi connectivity index (χ2n) is 5.98. The quantitative estimate of drug-likeness (QED) is 0.781. The number of carbonyl (C=O) groups is 1. The average Bonchev–Trinajstić information content (AvgIpc) is 2.26. The molecule has 1 N–H and O–H groups in total. The van der Waals surface area contributed by atoms with E-state index in [-0.39, 0.29) is 17.9 Å². The van der Waals surface area contributed by atoms with Gasteiger partial charge in [-0.3, -0.25) is 0 Å². The normalized spacial score (nSPS) is 18.9. The summed E-state index contributed by atoms with van der Waals surface area (Å²) < 4.78 is 5.42. The summed E-state index contributed by atoms with van der Waals surface area (Å²) in [6.07, 6.45) is 0.464. The van der Waals surface area contributed by atoms with Crippen molar-refractivity contribution in [1.82, 2.24) is 4.90 Å². The van der Waals surface area contributed by atoms with Gasteiger partial charge in [-0.05, 0) is 57.4 Å². The van der Waals surface area contributed by atoms with Gasteiger partial charge >= 0.3 is 6.09 Å². The molecule has 0 bridgehead atoms. The van der Waals surface area contributed by atoms with Crippen molar-refractivity contribution in [3.63, 3.8) is 0 Å². The highest BCUT2D eigenvalue weighted by molar-refractivity contribution is 5.69. The van der Waals surface area contributed by atoms with Crippen LogP contribution in [0.4, 0.5) is 4.79 Å². The zero-order valence-corrected chi connectivity index (χ0v) is 11.9. The SMILES string of the molecule is C[C@H]1c2ccc(O)cc2CCN1C(=O)OC(C)(C)C. The highest BCUT2D eigenvalue weighted by Gasteiger charge is 2.30. The number of ether oxygens (including phenoxy) is 1. The maximum absolute atomic E-state index is 12.2. The predicted octanol–water partition coefficient (Wildman–Crippen LogP) is 3.25. The first-order chi connectivity index (χ1) is 8.78. The van der Waals surface area contributed by atoms with Crippen molar-refractivity contribution in [2.24, 2.45) is 0 Å². The lowest BCUT2D eigenvalue weighted by molar-refractivity contribution is 0.0160. The fourth-order valence-corrected chi connectivity index (χ4v) is 2.39. The summed E-state index contributed by atoms with van der Waals surface area (Å²) in [5.74, 6) is 0.275. The zero-order chi connectivity index (χ0) is 14.2.